The van der Waals surface area contributed by atoms with Crippen molar-refractivity contribution in [3.8, 4) is 6.07 Å². The first kappa shape index (κ1) is 23.6. The second-order valence-electron chi connectivity index (χ2n) is 7.25. The smallest absolute Gasteiger partial charge is 0.405 e. The van der Waals surface area contributed by atoms with E-state index in [1.807, 2.05) is 23.2 Å². The lowest BCUT2D eigenvalue weighted by Gasteiger charge is -2.29. The van der Waals surface area contributed by atoms with Crippen molar-refractivity contribution in [1.29, 1.82) is 5.26 Å². The average molecular weight is 438 g/mol. The quantitative estimate of drug-likeness (QED) is 0.682. The predicted octanol–water partition coefficient (Wildman–Crippen LogP) is 1.57. The number of amides is 2. The van der Waals surface area contributed by atoms with Gasteiger partial charge in [0.15, 0.2) is 9.84 Å². The monoisotopic (exact) mass is 437 g/mol. The molecule has 1 heterocycles. The second-order valence-corrected chi connectivity index (χ2v) is 9.48. The van der Waals surface area contributed by atoms with Gasteiger partial charge in [0.2, 0.25) is 5.91 Å². The van der Waals surface area contributed by atoms with Crippen molar-refractivity contribution in [2.24, 2.45) is 5.92 Å². The zero-order valence-corrected chi connectivity index (χ0v) is 17.7. The number of carbonyl (C=O) groups excluding carboxylic acids is 1. The average Bonchev–Trinajstić information content (AvgIpc) is 3.24. The van der Waals surface area contributed by atoms with E-state index in [1.165, 1.54) is 0 Å². The summed E-state index contributed by atoms with van der Waals surface area (Å²) < 4.78 is 30.8. The first-order valence-corrected chi connectivity index (χ1v) is 11.3. The highest BCUT2D eigenvalue weighted by atomic mass is 32.2. The highest BCUT2D eigenvalue weighted by Gasteiger charge is 2.39. The molecule has 1 aromatic carbocycles. The largest absolute Gasteiger partial charge is 0.465 e. The van der Waals surface area contributed by atoms with Crippen LogP contribution < -0.4 is 5.32 Å². The Bertz CT molecular complexity index is 890. The van der Waals surface area contributed by atoms with Crippen molar-refractivity contribution in [3.05, 3.63) is 29.8 Å². The number of aryl methyl sites for hydroxylation is 1. The van der Waals surface area contributed by atoms with E-state index in [2.05, 4.69) is 0 Å². The van der Waals surface area contributed by atoms with E-state index in [1.54, 1.807) is 24.3 Å². The molecule has 0 unspecified atom stereocenters. The molecule has 2 atom stereocenters. The van der Waals surface area contributed by atoms with Gasteiger partial charge in [0.05, 0.1) is 29.4 Å². The van der Waals surface area contributed by atoms with Gasteiger partial charge in [-0.15, -0.1) is 0 Å². The van der Waals surface area contributed by atoms with Crippen molar-refractivity contribution >= 4 is 21.8 Å². The number of hydrogen-bond acceptors (Lipinski definition) is 6. The molecule has 10 heteroatoms. The molecule has 2 aliphatic rings. The Labute approximate surface area is 176 Å². The summed E-state index contributed by atoms with van der Waals surface area (Å²) in [4.78, 5) is 24.2. The highest BCUT2D eigenvalue weighted by Crippen LogP contribution is 2.35. The van der Waals surface area contributed by atoms with Gasteiger partial charge in [0.25, 0.3) is 0 Å². The summed E-state index contributed by atoms with van der Waals surface area (Å²) in [6, 6.07) is 8.63. The topological polar surface area (TPSA) is 137 Å². The molecule has 0 spiro atoms. The Hall–Kier alpha value is -2.64. The van der Waals surface area contributed by atoms with Crippen molar-refractivity contribution in [1.82, 2.24) is 10.2 Å². The summed E-state index contributed by atoms with van der Waals surface area (Å²) in [6.07, 6.45) is 0.497. The third-order valence-electron chi connectivity index (χ3n) is 5.13. The van der Waals surface area contributed by atoms with E-state index in [0.717, 1.165) is 5.56 Å². The molecule has 3 rings (SSSR count). The molecule has 0 radical (unpaired) electrons. The molecule has 0 bridgehead atoms. The van der Waals surface area contributed by atoms with Gasteiger partial charge < -0.3 is 20.1 Å². The summed E-state index contributed by atoms with van der Waals surface area (Å²) >= 11 is 0. The first-order chi connectivity index (χ1) is 14.3. The minimum atomic E-state index is -3.35. The van der Waals surface area contributed by atoms with E-state index in [4.69, 9.17) is 15.1 Å². The van der Waals surface area contributed by atoms with Gasteiger partial charge in [0.1, 0.15) is 6.54 Å². The van der Waals surface area contributed by atoms with Gasteiger partial charge >= 0.3 is 6.09 Å². The third-order valence-corrected chi connectivity index (χ3v) is 7.35. The fraction of sp³-hybridized carbons (Fsp3) is 0.550. The normalized spacial score (nSPS) is 21.1. The van der Waals surface area contributed by atoms with Gasteiger partial charge in [-0.1, -0.05) is 12.1 Å². The van der Waals surface area contributed by atoms with Crippen LogP contribution in [0.5, 0.6) is 0 Å². The number of nitriles is 1. The van der Waals surface area contributed by atoms with Gasteiger partial charge in [-0.25, -0.2) is 13.2 Å². The molecular formula is C20H27N3O6S. The van der Waals surface area contributed by atoms with Crippen LogP contribution >= 0.6 is 0 Å². The number of carboxylic acid groups (broad SMARTS) is 1. The van der Waals surface area contributed by atoms with Crippen LogP contribution in [-0.4, -0.2) is 68.5 Å². The van der Waals surface area contributed by atoms with Gasteiger partial charge in [0, 0.05) is 19.0 Å². The Morgan fingerprint density at radius 2 is 2.00 bits per heavy atom. The molecule has 2 N–H and O–H groups in total. The Balaban J connectivity index is 0.000000396. The lowest BCUT2D eigenvalue weighted by molar-refractivity contribution is -0.139. The standard InChI is InChI=1S/C17H23NO4S.C3H4N2O2/c1-13-3-2-4-15(11-13)23(20,21)16-6-5-14(12-16)17(19)18-7-9-22-10-8-18;4-1-2-5-3(6)7/h2-4,11,14,16H,5-10,12H2,1H3;5H,2H2,(H,6,7)/t14-,16-;/m1./s1. The summed E-state index contributed by atoms with van der Waals surface area (Å²) in [5.74, 6) is -0.0760. The van der Waals surface area contributed by atoms with Crippen LogP contribution in [0.15, 0.2) is 29.2 Å². The van der Waals surface area contributed by atoms with Crippen LogP contribution in [-0.2, 0) is 19.4 Å². The molecule has 1 saturated carbocycles. The summed E-state index contributed by atoms with van der Waals surface area (Å²) in [5, 5.41) is 16.9. The van der Waals surface area contributed by atoms with Gasteiger partial charge in [-0.3, -0.25) is 4.79 Å². The second kappa shape index (κ2) is 10.9. The van der Waals surface area contributed by atoms with Crippen LogP contribution in [0.3, 0.4) is 0 Å². The minimum absolute atomic E-state index is 0.0928. The Morgan fingerprint density at radius 1 is 1.30 bits per heavy atom. The number of carbonyl (C=O) groups is 2. The maximum atomic E-state index is 12.8. The van der Waals surface area contributed by atoms with E-state index in [-0.39, 0.29) is 18.4 Å². The van der Waals surface area contributed by atoms with Gasteiger partial charge in [-0.2, -0.15) is 5.26 Å². The van der Waals surface area contributed by atoms with Crippen molar-refractivity contribution in [2.45, 2.75) is 36.3 Å². The molecule has 9 nitrogen and oxygen atoms in total. The summed E-state index contributed by atoms with van der Waals surface area (Å²) in [6.45, 7) is 4.12. The summed E-state index contributed by atoms with van der Waals surface area (Å²) in [7, 11) is -3.35. The first-order valence-electron chi connectivity index (χ1n) is 9.76. The molecular weight excluding hydrogens is 410 g/mol. The molecule has 0 aromatic heterocycles. The third kappa shape index (κ3) is 6.43. The predicted molar refractivity (Wildman–Crippen MR) is 109 cm³/mol. The van der Waals surface area contributed by atoms with E-state index in [9.17, 15) is 18.0 Å². The molecule has 30 heavy (non-hydrogen) atoms. The number of benzene rings is 1. The maximum Gasteiger partial charge on any atom is 0.405 e. The molecule has 164 valence electrons. The molecule has 1 aliphatic carbocycles. The van der Waals surface area contributed by atoms with Crippen LogP contribution in [0.4, 0.5) is 4.79 Å². The van der Waals surface area contributed by atoms with Crippen LogP contribution in [0, 0.1) is 24.2 Å². The zero-order chi connectivity index (χ0) is 22.1. The number of nitrogens with one attached hydrogen (secondary N) is 1. The lowest BCUT2D eigenvalue weighted by Crippen LogP contribution is -2.43. The molecule has 1 aromatic rings. The fourth-order valence-electron chi connectivity index (χ4n) is 3.59. The zero-order valence-electron chi connectivity index (χ0n) is 16.9. The maximum absolute atomic E-state index is 12.8. The number of sulfone groups is 1. The molecule has 1 saturated heterocycles. The van der Waals surface area contributed by atoms with E-state index < -0.39 is 21.2 Å². The number of morpholine rings is 1. The number of ether oxygens (including phenoxy) is 1. The van der Waals surface area contributed by atoms with Crippen molar-refractivity contribution in [2.75, 3.05) is 32.8 Å². The minimum Gasteiger partial charge on any atom is -0.465 e. The van der Waals surface area contributed by atoms with Crippen LogP contribution in [0.1, 0.15) is 24.8 Å². The SMILES string of the molecule is Cc1cccc(S(=O)(=O)[C@@H]2CC[C@@H](C(=O)N3CCOCC3)C2)c1.N#CCNC(=O)O. The molecule has 2 amide bonds. The lowest BCUT2D eigenvalue weighted by atomic mass is 10.1. The summed E-state index contributed by atoms with van der Waals surface area (Å²) in [5.41, 5.74) is 0.935. The van der Waals surface area contributed by atoms with Crippen LogP contribution in [0.25, 0.3) is 0 Å². The Morgan fingerprint density at radius 3 is 2.57 bits per heavy atom. The molecule has 1 aliphatic heterocycles. The van der Waals surface area contributed by atoms with E-state index in [0.29, 0.717) is 50.5 Å². The van der Waals surface area contributed by atoms with E-state index >= 15 is 0 Å². The van der Waals surface area contributed by atoms with Crippen LogP contribution in [0.2, 0.25) is 0 Å². The fourth-order valence-corrected chi connectivity index (χ4v) is 5.52. The Kier molecular flexibility index (Phi) is 8.62. The number of rotatable bonds is 4. The number of nitrogens with zero attached hydrogens (tertiary/aromatic N) is 2. The highest BCUT2D eigenvalue weighted by molar-refractivity contribution is 7.92. The van der Waals surface area contributed by atoms with Crippen molar-refractivity contribution in [3.63, 3.8) is 0 Å². The number of hydrogen-bond donors (Lipinski definition) is 2. The van der Waals surface area contributed by atoms with Gasteiger partial charge in [-0.05, 0) is 43.9 Å². The molecule has 2 fully saturated rings. The van der Waals surface area contributed by atoms with Crippen molar-refractivity contribution < 1.29 is 27.9 Å².